The van der Waals surface area contributed by atoms with Crippen molar-refractivity contribution >= 4 is 34.0 Å². The summed E-state index contributed by atoms with van der Waals surface area (Å²) >= 11 is 3.39. The molecular formula is C15H20BrN3O4. The van der Waals surface area contributed by atoms with Crippen LogP contribution in [0.5, 0.6) is 11.5 Å². The van der Waals surface area contributed by atoms with Gasteiger partial charge in [0, 0.05) is 6.54 Å². The van der Waals surface area contributed by atoms with Crippen molar-refractivity contribution in [2.75, 3.05) is 20.3 Å². The quantitative estimate of drug-likeness (QED) is 0.425. The molecule has 23 heavy (non-hydrogen) atoms. The first kappa shape index (κ1) is 19.0. The lowest BCUT2D eigenvalue weighted by Gasteiger charge is -2.11. The number of hydrogen-bond donors (Lipinski definition) is 2. The Balaban J connectivity index is 2.75. The molecule has 0 aliphatic carbocycles. The van der Waals surface area contributed by atoms with Crippen molar-refractivity contribution in [3.63, 3.8) is 0 Å². The number of rotatable bonds is 7. The number of hydrogen-bond acceptors (Lipinski definition) is 5. The van der Waals surface area contributed by atoms with E-state index in [1.165, 1.54) is 13.3 Å². The SMILES string of the molecule is CCCNC(=O)C(=O)N/N=C\c1cc(Br)c(OCC)c(OC)c1. The molecule has 2 N–H and O–H groups in total. The summed E-state index contributed by atoms with van der Waals surface area (Å²) in [6.45, 7) is 4.72. The van der Waals surface area contributed by atoms with E-state index in [0.29, 0.717) is 34.7 Å². The molecule has 126 valence electrons. The minimum Gasteiger partial charge on any atom is -0.493 e. The van der Waals surface area contributed by atoms with Gasteiger partial charge in [-0.3, -0.25) is 9.59 Å². The van der Waals surface area contributed by atoms with Crippen molar-refractivity contribution < 1.29 is 19.1 Å². The molecule has 1 aromatic rings. The minimum atomic E-state index is -0.813. The monoisotopic (exact) mass is 385 g/mol. The number of ether oxygens (including phenoxy) is 2. The summed E-state index contributed by atoms with van der Waals surface area (Å²) in [5, 5.41) is 6.22. The Hall–Kier alpha value is -2.09. The molecule has 1 rings (SSSR count). The van der Waals surface area contributed by atoms with Crippen LogP contribution in [0, 0.1) is 0 Å². The zero-order valence-electron chi connectivity index (χ0n) is 13.3. The van der Waals surface area contributed by atoms with E-state index in [0.717, 1.165) is 6.42 Å². The number of benzene rings is 1. The molecular weight excluding hydrogens is 366 g/mol. The van der Waals surface area contributed by atoms with Crippen LogP contribution < -0.4 is 20.2 Å². The van der Waals surface area contributed by atoms with E-state index in [4.69, 9.17) is 9.47 Å². The normalized spacial score (nSPS) is 10.4. The molecule has 1 aromatic carbocycles. The molecule has 0 unspecified atom stereocenters. The summed E-state index contributed by atoms with van der Waals surface area (Å²) in [7, 11) is 1.53. The number of methoxy groups -OCH3 is 1. The van der Waals surface area contributed by atoms with Gasteiger partial charge in [-0.1, -0.05) is 6.92 Å². The number of carbonyl (C=O) groups excluding carboxylic acids is 2. The van der Waals surface area contributed by atoms with Crippen molar-refractivity contribution in [1.82, 2.24) is 10.7 Å². The second-order valence-electron chi connectivity index (χ2n) is 4.42. The number of nitrogens with one attached hydrogen (secondary N) is 2. The molecule has 0 aromatic heterocycles. The van der Waals surface area contributed by atoms with Gasteiger partial charge in [0.25, 0.3) is 0 Å². The largest absolute Gasteiger partial charge is 0.493 e. The third-order valence-electron chi connectivity index (χ3n) is 2.66. The second-order valence-corrected chi connectivity index (χ2v) is 5.28. The van der Waals surface area contributed by atoms with E-state index in [9.17, 15) is 9.59 Å². The lowest BCUT2D eigenvalue weighted by Crippen LogP contribution is -2.38. The first-order valence-electron chi connectivity index (χ1n) is 7.15. The summed E-state index contributed by atoms with van der Waals surface area (Å²) in [5.74, 6) is -0.397. The molecule has 7 nitrogen and oxygen atoms in total. The molecule has 0 bridgehead atoms. The summed E-state index contributed by atoms with van der Waals surface area (Å²) < 4.78 is 11.4. The fourth-order valence-electron chi connectivity index (χ4n) is 1.63. The average Bonchev–Trinajstić information content (AvgIpc) is 2.54. The third kappa shape index (κ3) is 5.90. The summed E-state index contributed by atoms with van der Waals surface area (Å²) in [6, 6.07) is 3.48. The van der Waals surface area contributed by atoms with Gasteiger partial charge >= 0.3 is 11.8 Å². The molecule has 0 atom stereocenters. The van der Waals surface area contributed by atoms with Gasteiger partial charge in [0.05, 0.1) is 24.4 Å². The number of amides is 2. The summed E-state index contributed by atoms with van der Waals surface area (Å²) in [6.07, 6.45) is 2.16. The number of carbonyl (C=O) groups is 2. The topological polar surface area (TPSA) is 89.0 Å². The van der Waals surface area contributed by atoms with Gasteiger partial charge in [0.2, 0.25) is 0 Å². The lowest BCUT2D eigenvalue weighted by atomic mass is 10.2. The van der Waals surface area contributed by atoms with Crippen LogP contribution >= 0.6 is 15.9 Å². The van der Waals surface area contributed by atoms with Gasteiger partial charge in [0.15, 0.2) is 11.5 Å². The maximum absolute atomic E-state index is 11.5. The van der Waals surface area contributed by atoms with Crippen molar-refractivity contribution in [2.24, 2.45) is 5.10 Å². The fourth-order valence-corrected chi connectivity index (χ4v) is 2.21. The highest BCUT2D eigenvalue weighted by Gasteiger charge is 2.12. The van der Waals surface area contributed by atoms with E-state index >= 15 is 0 Å². The molecule has 2 amide bonds. The number of halogens is 1. The number of hydrazone groups is 1. The van der Waals surface area contributed by atoms with E-state index < -0.39 is 11.8 Å². The lowest BCUT2D eigenvalue weighted by molar-refractivity contribution is -0.139. The predicted octanol–water partition coefficient (Wildman–Crippen LogP) is 1.83. The Bertz CT molecular complexity index is 590. The first-order chi connectivity index (χ1) is 11.0. The Morgan fingerprint density at radius 1 is 1.30 bits per heavy atom. The zero-order chi connectivity index (χ0) is 17.2. The third-order valence-corrected chi connectivity index (χ3v) is 3.25. The van der Waals surface area contributed by atoms with Crippen LogP contribution in [0.2, 0.25) is 0 Å². The second kappa shape index (κ2) is 9.83. The molecule has 8 heteroatoms. The highest BCUT2D eigenvalue weighted by molar-refractivity contribution is 9.10. The Morgan fingerprint density at radius 3 is 2.65 bits per heavy atom. The number of nitrogens with zero attached hydrogens (tertiary/aromatic N) is 1. The highest BCUT2D eigenvalue weighted by atomic mass is 79.9. The van der Waals surface area contributed by atoms with Crippen LogP contribution in [0.1, 0.15) is 25.8 Å². The zero-order valence-corrected chi connectivity index (χ0v) is 14.9. The molecule has 0 aliphatic heterocycles. The van der Waals surface area contributed by atoms with Gasteiger partial charge in [0.1, 0.15) is 0 Å². The van der Waals surface area contributed by atoms with Gasteiger partial charge in [-0.2, -0.15) is 5.10 Å². The fraction of sp³-hybridized carbons (Fsp3) is 0.400. The molecule has 0 saturated carbocycles. The van der Waals surface area contributed by atoms with E-state index in [2.05, 4.69) is 31.8 Å². The van der Waals surface area contributed by atoms with E-state index in [1.54, 1.807) is 12.1 Å². The Kier molecular flexibility index (Phi) is 8.10. The molecule has 0 spiro atoms. The summed E-state index contributed by atoms with van der Waals surface area (Å²) in [4.78, 5) is 22.9. The highest BCUT2D eigenvalue weighted by Crippen LogP contribution is 2.36. The van der Waals surface area contributed by atoms with Crippen molar-refractivity contribution in [3.8, 4) is 11.5 Å². The molecule has 0 heterocycles. The van der Waals surface area contributed by atoms with Crippen LogP contribution in [0.3, 0.4) is 0 Å². The van der Waals surface area contributed by atoms with Crippen molar-refractivity contribution in [2.45, 2.75) is 20.3 Å². The van der Waals surface area contributed by atoms with E-state index in [-0.39, 0.29) is 0 Å². The molecule has 0 radical (unpaired) electrons. The maximum atomic E-state index is 11.5. The molecule has 0 saturated heterocycles. The standard InChI is InChI=1S/C15H20BrN3O4/c1-4-6-17-14(20)15(21)19-18-9-10-7-11(16)13(23-5-2)12(8-10)22-3/h7-9H,4-6H2,1-3H3,(H,17,20)(H,19,21)/b18-9-. The molecule has 0 aliphatic rings. The van der Waals surface area contributed by atoms with Gasteiger partial charge < -0.3 is 14.8 Å². The first-order valence-corrected chi connectivity index (χ1v) is 7.94. The van der Waals surface area contributed by atoms with Gasteiger partial charge in [-0.15, -0.1) is 0 Å². The maximum Gasteiger partial charge on any atom is 0.329 e. The van der Waals surface area contributed by atoms with Gasteiger partial charge in [-0.05, 0) is 47.0 Å². The summed E-state index contributed by atoms with van der Waals surface area (Å²) in [5.41, 5.74) is 2.84. The molecule has 0 fully saturated rings. The Labute approximate surface area is 143 Å². The predicted molar refractivity (Wildman–Crippen MR) is 90.9 cm³/mol. The van der Waals surface area contributed by atoms with Crippen LogP contribution in [0.15, 0.2) is 21.7 Å². The van der Waals surface area contributed by atoms with E-state index in [1.807, 2.05) is 13.8 Å². The van der Waals surface area contributed by atoms with Gasteiger partial charge in [-0.25, -0.2) is 5.43 Å². The minimum absolute atomic E-state index is 0.443. The Morgan fingerprint density at radius 2 is 2.04 bits per heavy atom. The van der Waals surface area contributed by atoms with Crippen molar-refractivity contribution in [3.05, 3.63) is 22.2 Å². The smallest absolute Gasteiger partial charge is 0.329 e. The van der Waals surface area contributed by atoms with Crippen LogP contribution in [-0.2, 0) is 9.59 Å². The van der Waals surface area contributed by atoms with Crippen molar-refractivity contribution in [1.29, 1.82) is 0 Å². The van der Waals surface area contributed by atoms with Crippen LogP contribution in [-0.4, -0.2) is 38.3 Å². The van der Waals surface area contributed by atoms with Crippen LogP contribution in [0.25, 0.3) is 0 Å². The average molecular weight is 386 g/mol. The van der Waals surface area contributed by atoms with Crippen LogP contribution in [0.4, 0.5) is 0 Å².